The van der Waals surface area contributed by atoms with E-state index in [2.05, 4.69) is 21.9 Å². The predicted molar refractivity (Wildman–Crippen MR) is 130 cm³/mol. The average molecular weight is 547 g/mol. The summed E-state index contributed by atoms with van der Waals surface area (Å²) in [5, 5.41) is 39.8. The maximum Gasteiger partial charge on any atom is 1.00 e. The Morgan fingerprint density at radius 3 is 2.41 bits per heavy atom. The second-order valence-corrected chi connectivity index (χ2v) is 9.11. The van der Waals surface area contributed by atoms with Crippen molar-refractivity contribution in [3.8, 4) is 5.75 Å². The zero-order chi connectivity index (χ0) is 26.9. The summed E-state index contributed by atoms with van der Waals surface area (Å²) in [5.74, 6) is -0.537. The average Bonchev–Trinajstić information content (AvgIpc) is 3.28. The summed E-state index contributed by atoms with van der Waals surface area (Å²) in [4.78, 5) is 17.0. The molecule has 13 heteroatoms. The van der Waals surface area contributed by atoms with Crippen LogP contribution in [0.1, 0.15) is 43.9 Å². The number of nitrogens with one attached hydrogen (secondary N) is 3. The third-order valence-electron chi connectivity index (χ3n) is 5.16. The fourth-order valence-corrected chi connectivity index (χ4v) is 3.53. The summed E-state index contributed by atoms with van der Waals surface area (Å²) in [6.07, 6.45) is -1.79. The van der Waals surface area contributed by atoms with Gasteiger partial charge in [-0.25, -0.2) is 10.4 Å². The van der Waals surface area contributed by atoms with Crippen LogP contribution in [0.4, 0.5) is 18.0 Å². The molecule has 0 radical (unpaired) electrons. The van der Waals surface area contributed by atoms with Gasteiger partial charge in [0.25, 0.3) is 0 Å². The third-order valence-corrected chi connectivity index (χ3v) is 5.81. The third kappa shape index (κ3) is 11.8. The molecule has 3 rings (SSSR count). The number of thiazole rings is 1. The van der Waals surface area contributed by atoms with Crippen LogP contribution in [0.3, 0.4) is 0 Å². The van der Waals surface area contributed by atoms with Crippen LogP contribution >= 0.6 is 11.3 Å². The number of aromatic hydroxyl groups is 1. The quantitative estimate of drug-likeness (QED) is 0.163. The molecule has 5 N–H and O–H groups in total. The van der Waals surface area contributed by atoms with Crippen LogP contribution in [0, 0.1) is 29.3 Å². The molecule has 0 fully saturated rings. The van der Waals surface area contributed by atoms with Crippen LogP contribution in [0.15, 0.2) is 35.2 Å². The summed E-state index contributed by atoms with van der Waals surface area (Å²) in [5.41, 5.74) is 3.63. The van der Waals surface area contributed by atoms with E-state index in [0.717, 1.165) is 5.69 Å². The van der Waals surface area contributed by atoms with E-state index in [9.17, 15) is 28.2 Å². The van der Waals surface area contributed by atoms with E-state index in [0.29, 0.717) is 23.3 Å². The number of benzene rings is 1. The Kier molecular flexibility index (Phi) is 13.0. The van der Waals surface area contributed by atoms with Crippen molar-refractivity contribution in [1.82, 2.24) is 15.2 Å². The molecule has 2 aromatic rings. The SMILES string of the molecule is CC1(O)C[C-]=C(C(=N)CNC(=O)N(CCC(F)(F)F)C(=N)c2ccc(O)cc2)CC1.Cc1cs[c-]n1.[Na+]. The van der Waals surface area contributed by atoms with Gasteiger partial charge >= 0.3 is 41.8 Å². The van der Waals surface area contributed by atoms with Crippen molar-refractivity contribution in [3.05, 3.63) is 58.1 Å². The van der Waals surface area contributed by atoms with Gasteiger partial charge in [0.05, 0.1) is 6.42 Å². The Morgan fingerprint density at radius 2 is 1.95 bits per heavy atom. The van der Waals surface area contributed by atoms with Crippen molar-refractivity contribution in [1.29, 1.82) is 10.8 Å². The molecule has 1 unspecified atom stereocenters. The molecule has 196 valence electrons. The number of amides is 2. The van der Waals surface area contributed by atoms with Crippen molar-refractivity contribution in [2.24, 2.45) is 0 Å². The van der Waals surface area contributed by atoms with Crippen LogP contribution in [0.25, 0.3) is 0 Å². The van der Waals surface area contributed by atoms with Gasteiger partial charge in [0.15, 0.2) is 0 Å². The Bertz CT molecular complexity index is 1070. The van der Waals surface area contributed by atoms with E-state index in [-0.39, 0.29) is 59.5 Å². The molecule has 0 spiro atoms. The first-order valence-electron chi connectivity index (χ1n) is 11.0. The summed E-state index contributed by atoms with van der Waals surface area (Å²) < 4.78 is 38.1. The molecule has 1 aliphatic carbocycles. The smallest absolute Gasteiger partial charge is 0.508 e. The number of amidine groups is 1. The molecule has 0 saturated carbocycles. The van der Waals surface area contributed by atoms with Crippen LogP contribution in [-0.2, 0) is 0 Å². The minimum Gasteiger partial charge on any atom is -0.508 e. The zero-order valence-corrected chi connectivity index (χ0v) is 23.7. The maximum absolute atomic E-state index is 12.7. The Balaban J connectivity index is 0.000000855. The van der Waals surface area contributed by atoms with E-state index in [1.54, 1.807) is 6.92 Å². The molecule has 37 heavy (non-hydrogen) atoms. The number of hydrogen-bond acceptors (Lipinski definition) is 7. The fourth-order valence-electron chi connectivity index (χ4n) is 3.06. The first kappa shape index (κ1) is 32.8. The molecule has 8 nitrogen and oxygen atoms in total. The van der Waals surface area contributed by atoms with Crippen molar-refractivity contribution in [2.45, 2.75) is 51.3 Å². The van der Waals surface area contributed by atoms with Gasteiger partial charge in [-0.15, -0.1) is 11.1 Å². The van der Waals surface area contributed by atoms with E-state index in [4.69, 9.17) is 10.8 Å². The number of nitrogens with zero attached hydrogens (tertiary/aromatic N) is 2. The van der Waals surface area contributed by atoms with E-state index in [1.807, 2.05) is 12.3 Å². The van der Waals surface area contributed by atoms with Gasteiger partial charge in [0.2, 0.25) is 0 Å². The van der Waals surface area contributed by atoms with Gasteiger partial charge in [0.1, 0.15) is 11.6 Å². The van der Waals surface area contributed by atoms with Crippen molar-refractivity contribution >= 4 is 28.9 Å². The van der Waals surface area contributed by atoms with Gasteiger partial charge < -0.3 is 25.9 Å². The number of aliphatic hydroxyl groups is 1. The van der Waals surface area contributed by atoms with E-state index >= 15 is 0 Å². The Morgan fingerprint density at radius 1 is 1.30 bits per heavy atom. The topological polar surface area (TPSA) is 133 Å². The van der Waals surface area contributed by atoms with Gasteiger partial charge in [0, 0.05) is 17.7 Å². The first-order chi connectivity index (χ1) is 16.8. The summed E-state index contributed by atoms with van der Waals surface area (Å²) >= 11 is 1.50. The van der Waals surface area contributed by atoms with Crippen molar-refractivity contribution in [2.75, 3.05) is 13.1 Å². The number of aromatic nitrogens is 1. The number of aryl methyl sites for hydroxylation is 1. The van der Waals surface area contributed by atoms with Gasteiger partial charge in [-0.05, 0) is 49.7 Å². The predicted octanol–water partition coefficient (Wildman–Crippen LogP) is 1.62. The molecule has 0 saturated heterocycles. The standard InChI is InChI=1S/C20H24F3N4O3.C4H4NS.Na/c1-19(30)8-6-13(7-9-19)16(24)12-26-18(29)27(11-10-20(21,22)23)17(25)14-2-4-15(28)5-3-14;1-4-2-6-3-5-4;/h2-5,24-25,28,30H,6,8-12H2,1H3,(H,26,29);2H,1H3;/q2*-1;+1. The normalized spacial score (nSPS) is 16.9. The first-order valence-corrected chi connectivity index (χ1v) is 11.8. The minimum atomic E-state index is -4.51. The summed E-state index contributed by atoms with van der Waals surface area (Å²) in [6.45, 7) is 2.61. The van der Waals surface area contributed by atoms with E-state index < -0.39 is 36.6 Å². The second-order valence-electron chi connectivity index (χ2n) is 8.46. The number of urea groups is 1. The number of halogens is 3. The molecule has 1 aromatic heterocycles. The maximum atomic E-state index is 12.7. The molecule has 0 bridgehead atoms. The van der Waals surface area contributed by atoms with Gasteiger partial charge in [-0.1, -0.05) is 25.5 Å². The number of carbonyl (C=O) groups is 1. The van der Waals surface area contributed by atoms with Crippen LogP contribution in [-0.4, -0.2) is 62.5 Å². The fraction of sp³-hybridized carbons (Fsp3) is 0.417. The van der Waals surface area contributed by atoms with Gasteiger partial charge in [-0.2, -0.15) is 13.2 Å². The van der Waals surface area contributed by atoms with Crippen LogP contribution in [0.5, 0.6) is 5.75 Å². The molecule has 1 aromatic carbocycles. The van der Waals surface area contributed by atoms with Gasteiger partial charge in [-0.3, -0.25) is 27.7 Å². The summed E-state index contributed by atoms with van der Waals surface area (Å²) in [7, 11) is 0. The van der Waals surface area contributed by atoms with E-state index in [1.165, 1.54) is 35.6 Å². The largest absolute Gasteiger partial charge is 1.00 e. The zero-order valence-electron chi connectivity index (χ0n) is 20.9. The van der Waals surface area contributed by atoms with Crippen molar-refractivity contribution in [3.63, 3.8) is 0 Å². The number of hydrogen-bond donors (Lipinski definition) is 5. The molecule has 1 aliphatic rings. The molecule has 1 heterocycles. The monoisotopic (exact) mass is 546 g/mol. The number of carbonyl (C=O) groups excluding carboxylic acids is 1. The molecule has 2 amide bonds. The molecule has 1 atom stereocenters. The summed E-state index contributed by atoms with van der Waals surface area (Å²) in [6, 6.07) is 4.23. The number of phenolic OH excluding ortho intramolecular Hbond substituents is 1. The molecular weight excluding hydrogens is 518 g/mol. The molecule has 0 aliphatic heterocycles. The van der Waals surface area contributed by atoms with Crippen LogP contribution in [0.2, 0.25) is 0 Å². The van der Waals surface area contributed by atoms with Crippen LogP contribution < -0.4 is 34.9 Å². The Hall–Kier alpha value is -2.25. The minimum absolute atomic E-state index is 0. The number of alkyl halides is 3. The van der Waals surface area contributed by atoms with Crippen molar-refractivity contribution < 1.29 is 57.7 Å². The Labute approximate surface area is 239 Å². The second kappa shape index (κ2) is 14.6. The number of rotatable bonds is 6. The molecular formula is C24H28F3N5NaO3S-. The number of phenols is 1.